The van der Waals surface area contributed by atoms with Crippen LogP contribution < -0.4 is 16.4 Å². The molecule has 31 heavy (non-hydrogen) atoms. The topological polar surface area (TPSA) is 179 Å². The molecule has 1 aliphatic carbocycles. The van der Waals surface area contributed by atoms with E-state index in [2.05, 4.69) is 10.6 Å². The molecule has 0 bridgehead atoms. The van der Waals surface area contributed by atoms with E-state index in [0.29, 0.717) is 0 Å². The Bertz CT molecular complexity index is 846. The van der Waals surface area contributed by atoms with Gasteiger partial charge in [0, 0.05) is 18.4 Å². The van der Waals surface area contributed by atoms with Crippen LogP contribution in [0.15, 0.2) is 42.0 Å². The summed E-state index contributed by atoms with van der Waals surface area (Å²) in [5.41, 5.74) is 6.29. The predicted molar refractivity (Wildman–Crippen MR) is 113 cm³/mol. The van der Waals surface area contributed by atoms with Crippen LogP contribution in [-0.4, -0.2) is 74.8 Å². The number of primary amides is 1. The average molecular weight is 452 g/mol. The van der Waals surface area contributed by atoms with E-state index in [-0.39, 0.29) is 29.9 Å². The molecule has 0 aliphatic heterocycles. The van der Waals surface area contributed by atoms with Crippen molar-refractivity contribution >= 4 is 35.5 Å². The van der Waals surface area contributed by atoms with Gasteiger partial charge in [0.25, 0.3) is 0 Å². The van der Waals surface area contributed by atoms with Crippen LogP contribution in [0.3, 0.4) is 0 Å². The molecule has 7 N–H and O–H groups in total. The van der Waals surface area contributed by atoms with Gasteiger partial charge in [-0.15, -0.1) is 11.8 Å². The minimum atomic E-state index is -1.35. The average Bonchev–Trinajstić information content (AvgIpc) is 2.71. The fourth-order valence-electron chi connectivity index (χ4n) is 3.05. The van der Waals surface area contributed by atoms with Crippen molar-refractivity contribution in [1.29, 1.82) is 0 Å². The lowest BCUT2D eigenvalue weighted by atomic mass is 9.89. The molecule has 0 saturated carbocycles. The summed E-state index contributed by atoms with van der Waals surface area (Å²) in [4.78, 5) is 47.0. The molecule has 4 unspecified atom stereocenters. The van der Waals surface area contributed by atoms with Crippen molar-refractivity contribution < 1.29 is 34.5 Å². The van der Waals surface area contributed by atoms with Crippen molar-refractivity contribution in [2.45, 2.75) is 37.1 Å². The second-order valence-electron chi connectivity index (χ2n) is 7.05. The van der Waals surface area contributed by atoms with Crippen molar-refractivity contribution in [2.75, 3.05) is 11.5 Å². The third kappa shape index (κ3) is 7.70. The van der Waals surface area contributed by atoms with Crippen LogP contribution in [0.25, 0.3) is 0 Å². The number of hydrogen-bond acceptors (Lipinski definition) is 7. The normalized spacial score (nSPS) is 21.5. The van der Waals surface area contributed by atoms with Gasteiger partial charge < -0.3 is 31.7 Å². The molecular weight excluding hydrogens is 426 g/mol. The van der Waals surface area contributed by atoms with E-state index >= 15 is 0 Å². The predicted octanol–water partition coefficient (Wildman–Crippen LogP) is -1.45. The Labute approximate surface area is 182 Å². The van der Waals surface area contributed by atoms with Gasteiger partial charge in [-0.05, 0) is 5.56 Å². The number of carbonyl (C=O) groups excluding carboxylic acids is 3. The van der Waals surface area contributed by atoms with Gasteiger partial charge in [0.2, 0.25) is 17.7 Å². The Morgan fingerprint density at radius 3 is 2.42 bits per heavy atom. The first-order chi connectivity index (χ1) is 14.7. The molecule has 0 spiro atoms. The van der Waals surface area contributed by atoms with Crippen LogP contribution in [-0.2, 0) is 25.6 Å². The number of aliphatic hydroxyl groups excluding tert-OH is 2. The van der Waals surface area contributed by atoms with Crippen LogP contribution in [0.2, 0.25) is 0 Å². The molecule has 11 heteroatoms. The van der Waals surface area contributed by atoms with Gasteiger partial charge in [-0.25, -0.2) is 0 Å². The molecule has 1 aliphatic rings. The molecule has 0 aromatic heterocycles. The van der Waals surface area contributed by atoms with Crippen LogP contribution >= 0.6 is 11.8 Å². The summed E-state index contributed by atoms with van der Waals surface area (Å²) in [7, 11) is 0. The first-order valence-electron chi connectivity index (χ1n) is 9.47. The zero-order chi connectivity index (χ0) is 23.0. The summed E-state index contributed by atoms with van der Waals surface area (Å²) in [6.07, 6.45) is -1.34. The SMILES string of the molecule is NC(=O)C(Cc1ccccc1)NC(=O)C1=CC(NC(=O)CSCC(=O)O)C(O)C(O)C1. The maximum atomic E-state index is 12.7. The van der Waals surface area contributed by atoms with Crippen molar-refractivity contribution in [3.05, 3.63) is 47.5 Å². The standard InChI is InChI=1S/C20H25N3O7S/c21-19(29)14(6-11-4-2-1-3-5-11)23-20(30)12-7-13(18(28)15(24)8-12)22-16(25)9-31-10-17(26)27/h1-5,7,13-15,18,24,28H,6,8-10H2,(H2,21,29)(H,22,25)(H,23,30)(H,26,27). The van der Waals surface area contributed by atoms with Crippen molar-refractivity contribution in [2.24, 2.45) is 5.73 Å². The summed E-state index contributed by atoms with van der Waals surface area (Å²) in [6.45, 7) is 0. The zero-order valence-corrected chi connectivity index (χ0v) is 17.4. The molecule has 0 radical (unpaired) electrons. The number of nitrogens with one attached hydrogen (secondary N) is 2. The lowest BCUT2D eigenvalue weighted by molar-refractivity contribution is -0.134. The number of amides is 3. The van der Waals surface area contributed by atoms with Crippen molar-refractivity contribution in [3.8, 4) is 0 Å². The van der Waals surface area contributed by atoms with Gasteiger partial charge in [-0.3, -0.25) is 19.2 Å². The van der Waals surface area contributed by atoms with Crippen molar-refractivity contribution in [3.63, 3.8) is 0 Å². The summed E-state index contributed by atoms with van der Waals surface area (Å²) in [5.74, 6) is -3.42. The monoisotopic (exact) mass is 451 g/mol. The molecular formula is C20H25N3O7S. The lowest BCUT2D eigenvalue weighted by Crippen LogP contribution is -2.52. The minimum absolute atomic E-state index is 0.0839. The number of nitrogens with two attached hydrogens (primary N) is 1. The van der Waals surface area contributed by atoms with E-state index in [1.54, 1.807) is 24.3 Å². The smallest absolute Gasteiger partial charge is 0.313 e. The van der Waals surface area contributed by atoms with Gasteiger partial charge in [0.15, 0.2) is 0 Å². The molecule has 3 amide bonds. The van der Waals surface area contributed by atoms with E-state index < -0.39 is 48.0 Å². The van der Waals surface area contributed by atoms with E-state index in [1.165, 1.54) is 6.08 Å². The first kappa shape index (κ1) is 24.4. The molecule has 0 saturated heterocycles. The Morgan fingerprint density at radius 1 is 1.13 bits per heavy atom. The van der Waals surface area contributed by atoms with E-state index in [0.717, 1.165) is 17.3 Å². The number of aliphatic hydroxyl groups is 2. The lowest BCUT2D eigenvalue weighted by Gasteiger charge is -2.31. The number of carboxylic acid groups (broad SMARTS) is 1. The summed E-state index contributed by atoms with van der Waals surface area (Å²) in [5, 5.41) is 33.9. The fourth-order valence-corrected chi connectivity index (χ4v) is 3.59. The number of hydrogen-bond donors (Lipinski definition) is 6. The van der Waals surface area contributed by atoms with E-state index in [1.807, 2.05) is 6.07 Å². The number of aliphatic carboxylic acids is 1. The summed E-state index contributed by atoms with van der Waals surface area (Å²) >= 11 is 0.873. The number of rotatable bonds is 10. The minimum Gasteiger partial charge on any atom is -0.481 e. The molecule has 0 fully saturated rings. The second kappa shape index (κ2) is 11.5. The number of thioether (sulfide) groups is 1. The Kier molecular flexibility index (Phi) is 9.03. The molecule has 0 heterocycles. The largest absolute Gasteiger partial charge is 0.481 e. The highest BCUT2D eigenvalue weighted by Gasteiger charge is 2.34. The van der Waals surface area contributed by atoms with Gasteiger partial charge in [0.1, 0.15) is 12.1 Å². The Balaban J connectivity index is 2.05. The van der Waals surface area contributed by atoms with E-state index in [9.17, 15) is 29.4 Å². The van der Waals surface area contributed by atoms with Gasteiger partial charge in [-0.1, -0.05) is 36.4 Å². The molecule has 1 aromatic carbocycles. The molecule has 1 aromatic rings. The third-order valence-electron chi connectivity index (χ3n) is 4.58. The van der Waals surface area contributed by atoms with Crippen LogP contribution in [0.4, 0.5) is 0 Å². The quantitative estimate of drug-likeness (QED) is 0.250. The number of carbonyl (C=O) groups is 4. The van der Waals surface area contributed by atoms with Crippen LogP contribution in [0.1, 0.15) is 12.0 Å². The summed E-state index contributed by atoms with van der Waals surface area (Å²) < 4.78 is 0. The molecule has 2 rings (SSSR count). The number of carboxylic acids is 1. The molecule has 10 nitrogen and oxygen atoms in total. The highest BCUT2D eigenvalue weighted by atomic mass is 32.2. The highest BCUT2D eigenvalue weighted by molar-refractivity contribution is 8.00. The second-order valence-corrected chi connectivity index (χ2v) is 8.04. The molecule has 168 valence electrons. The Hall–Kier alpha value is -2.89. The first-order valence-corrected chi connectivity index (χ1v) is 10.6. The maximum absolute atomic E-state index is 12.7. The molecule has 4 atom stereocenters. The summed E-state index contributed by atoms with van der Waals surface area (Å²) in [6, 6.07) is 6.93. The van der Waals surface area contributed by atoms with Gasteiger partial charge in [0.05, 0.1) is 23.7 Å². The van der Waals surface area contributed by atoms with E-state index in [4.69, 9.17) is 10.8 Å². The van der Waals surface area contributed by atoms with Gasteiger partial charge >= 0.3 is 5.97 Å². The fraction of sp³-hybridized carbons (Fsp3) is 0.400. The van der Waals surface area contributed by atoms with Gasteiger partial charge in [-0.2, -0.15) is 0 Å². The highest BCUT2D eigenvalue weighted by Crippen LogP contribution is 2.20. The van der Waals surface area contributed by atoms with Crippen molar-refractivity contribution in [1.82, 2.24) is 10.6 Å². The number of benzene rings is 1. The zero-order valence-electron chi connectivity index (χ0n) is 16.6. The van der Waals surface area contributed by atoms with Crippen LogP contribution in [0, 0.1) is 0 Å². The maximum Gasteiger partial charge on any atom is 0.313 e. The third-order valence-corrected chi connectivity index (χ3v) is 5.50. The Morgan fingerprint density at radius 2 is 1.81 bits per heavy atom. The van der Waals surface area contributed by atoms with Crippen LogP contribution in [0.5, 0.6) is 0 Å².